The van der Waals surface area contributed by atoms with E-state index in [9.17, 15) is 0 Å². The second-order valence-corrected chi connectivity index (χ2v) is 1.84. The van der Waals surface area contributed by atoms with E-state index in [1.165, 1.54) is 0 Å². The van der Waals surface area contributed by atoms with Crippen molar-refractivity contribution in [1.29, 1.82) is 0 Å². The van der Waals surface area contributed by atoms with Crippen molar-refractivity contribution < 1.29 is 4.74 Å². The lowest BCUT2D eigenvalue weighted by Gasteiger charge is -1.98. The van der Waals surface area contributed by atoms with Gasteiger partial charge >= 0.3 is 0 Å². The van der Waals surface area contributed by atoms with E-state index >= 15 is 0 Å². The minimum atomic E-state index is 0.569. The summed E-state index contributed by atoms with van der Waals surface area (Å²) in [4.78, 5) is 3.83. The number of rotatable bonds is 2. The molecule has 3 nitrogen and oxygen atoms in total. The van der Waals surface area contributed by atoms with Gasteiger partial charge in [-0.2, -0.15) is 0 Å². The summed E-state index contributed by atoms with van der Waals surface area (Å²) in [7, 11) is 3.24. The summed E-state index contributed by atoms with van der Waals surface area (Å²) in [5.74, 6) is 0.569. The average molecular weight is 142 g/mol. The largest absolute Gasteiger partial charge is 0.481 e. The average Bonchev–Trinajstić information content (AvgIpc) is 1.99. The first-order valence-electron chi connectivity index (χ1n) is 3.21. The van der Waals surface area contributed by atoms with Gasteiger partial charge in [0.25, 0.3) is 0 Å². The molecule has 0 radical (unpaired) electrons. The molecule has 0 aliphatic rings. The van der Waals surface area contributed by atoms with Gasteiger partial charge in [-0.05, 0) is 6.42 Å². The van der Waals surface area contributed by atoms with E-state index < -0.39 is 0 Å². The van der Waals surface area contributed by atoms with Crippen LogP contribution in [0.5, 0.6) is 0 Å². The number of hydrogen-bond acceptors (Lipinski definition) is 3. The van der Waals surface area contributed by atoms with Crippen LogP contribution in [-0.2, 0) is 4.74 Å². The molecule has 0 rings (SSSR count). The van der Waals surface area contributed by atoms with E-state index in [4.69, 9.17) is 10.5 Å². The van der Waals surface area contributed by atoms with Gasteiger partial charge in [0.15, 0.2) is 0 Å². The van der Waals surface area contributed by atoms with Crippen LogP contribution in [0, 0.1) is 0 Å². The molecule has 0 aromatic carbocycles. The molecule has 58 valence electrons. The molecule has 10 heavy (non-hydrogen) atoms. The minimum absolute atomic E-state index is 0.569. The van der Waals surface area contributed by atoms with Gasteiger partial charge in [-0.25, -0.2) is 0 Å². The lowest BCUT2D eigenvalue weighted by molar-refractivity contribution is 0.405. The fourth-order valence-electron chi connectivity index (χ4n) is 0.475. The van der Waals surface area contributed by atoms with E-state index in [0.29, 0.717) is 5.90 Å². The van der Waals surface area contributed by atoms with E-state index in [-0.39, 0.29) is 0 Å². The molecule has 0 aliphatic carbocycles. The summed E-state index contributed by atoms with van der Waals surface area (Å²) in [6, 6.07) is 0. The number of aliphatic imine (C=N–C) groups is 1. The van der Waals surface area contributed by atoms with Gasteiger partial charge in [0.1, 0.15) is 0 Å². The summed E-state index contributed by atoms with van der Waals surface area (Å²) in [5, 5.41) is 0. The Bertz CT molecular complexity index is 150. The maximum absolute atomic E-state index is 5.53. The Balaban J connectivity index is 4.08. The SMILES string of the molecule is CC/C(N)=C\C(=NC)OC. The Morgan fingerprint density at radius 1 is 1.70 bits per heavy atom. The summed E-state index contributed by atoms with van der Waals surface area (Å²) >= 11 is 0. The van der Waals surface area contributed by atoms with Crippen LogP contribution in [0.1, 0.15) is 13.3 Å². The van der Waals surface area contributed by atoms with Gasteiger partial charge < -0.3 is 10.5 Å². The quantitative estimate of drug-likeness (QED) is 0.460. The lowest BCUT2D eigenvalue weighted by Crippen LogP contribution is -2.03. The molecule has 0 aromatic rings. The molecule has 0 aromatic heterocycles. The smallest absolute Gasteiger partial charge is 0.209 e. The summed E-state index contributed by atoms with van der Waals surface area (Å²) in [5.41, 5.74) is 6.31. The van der Waals surface area contributed by atoms with E-state index in [0.717, 1.165) is 12.1 Å². The number of nitrogens with two attached hydrogens (primary N) is 1. The molecule has 0 unspecified atom stereocenters. The van der Waals surface area contributed by atoms with Crippen molar-refractivity contribution in [2.24, 2.45) is 10.7 Å². The van der Waals surface area contributed by atoms with Gasteiger partial charge in [0.2, 0.25) is 5.90 Å². The Kier molecular flexibility index (Phi) is 4.37. The minimum Gasteiger partial charge on any atom is -0.481 e. The summed E-state index contributed by atoms with van der Waals surface area (Å²) in [6.07, 6.45) is 2.54. The number of ether oxygens (including phenoxy) is 1. The first-order chi connectivity index (χ1) is 4.74. The Labute approximate surface area is 61.6 Å². The first kappa shape index (κ1) is 9.01. The predicted octanol–water partition coefficient (Wildman–Crippen LogP) is 0.914. The third-order valence-electron chi connectivity index (χ3n) is 1.15. The lowest BCUT2D eigenvalue weighted by atomic mass is 10.3. The summed E-state index contributed by atoms with van der Waals surface area (Å²) < 4.78 is 4.87. The third kappa shape index (κ3) is 3.12. The van der Waals surface area contributed by atoms with E-state index in [1.54, 1.807) is 20.2 Å². The van der Waals surface area contributed by atoms with Crippen LogP contribution in [-0.4, -0.2) is 20.1 Å². The molecule has 0 amide bonds. The van der Waals surface area contributed by atoms with Crippen molar-refractivity contribution in [3.63, 3.8) is 0 Å². The van der Waals surface area contributed by atoms with Gasteiger partial charge in [-0.3, -0.25) is 4.99 Å². The topological polar surface area (TPSA) is 47.6 Å². The number of hydrogen-bond donors (Lipinski definition) is 1. The second kappa shape index (κ2) is 4.85. The van der Waals surface area contributed by atoms with Crippen LogP contribution in [0.4, 0.5) is 0 Å². The van der Waals surface area contributed by atoms with Crippen LogP contribution in [0.3, 0.4) is 0 Å². The monoisotopic (exact) mass is 142 g/mol. The highest BCUT2D eigenvalue weighted by atomic mass is 16.5. The number of allylic oxidation sites excluding steroid dienone is 1. The van der Waals surface area contributed by atoms with E-state index in [1.807, 2.05) is 6.92 Å². The molecule has 2 N–H and O–H groups in total. The Hall–Kier alpha value is -0.990. The highest BCUT2D eigenvalue weighted by molar-refractivity contribution is 5.87. The van der Waals surface area contributed by atoms with Crippen molar-refractivity contribution in [2.45, 2.75) is 13.3 Å². The highest BCUT2D eigenvalue weighted by Gasteiger charge is 1.90. The molecular formula is C7H14N2O. The molecule has 0 spiro atoms. The zero-order chi connectivity index (χ0) is 7.98. The maximum Gasteiger partial charge on any atom is 0.209 e. The van der Waals surface area contributed by atoms with Crippen molar-refractivity contribution in [3.8, 4) is 0 Å². The van der Waals surface area contributed by atoms with E-state index in [2.05, 4.69) is 4.99 Å². The Morgan fingerprint density at radius 2 is 2.30 bits per heavy atom. The van der Waals surface area contributed by atoms with Gasteiger partial charge in [0.05, 0.1) is 7.11 Å². The van der Waals surface area contributed by atoms with Crippen molar-refractivity contribution in [3.05, 3.63) is 11.8 Å². The fourth-order valence-corrected chi connectivity index (χ4v) is 0.475. The van der Waals surface area contributed by atoms with Gasteiger partial charge in [-0.15, -0.1) is 0 Å². The molecule has 0 saturated heterocycles. The summed E-state index contributed by atoms with van der Waals surface area (Å²) in [6.45, 7) is 1.98. The van der Waals surface area contributed by atoms with Crippen molar-refractivity contribution >= 4 is 5.90 Å². The molecular weight excluding hydrogens is 128 g/mol. The first-order valence-corrected chi connectivity index (χ1v) is 3.21. The zero-order valence-electron chi connectivity index (χ0n) is 6.72. The molecule has 0 atom stereocenters. The number of nitrogens with zero attached hydrogens (tertiary/aromatic N) is 1. The van der Waals surface area contributed by atoms with Crippen LogP contribution < -0.4 is 5.73 Å². The van der Waals surface area contributed by atoms with Crippen molar-refractivity contribution in [1.82, 2.24) is 0 Å². The second-order valence-electron chi connectivity index (χ2n) is 1.84. The molecule has 0 fully saturated rings. The Morgan fingerprint density at radius 3 is 2.60 bits per heavy atom. The van der Waals surface area contributed by atoms with Crippen LogP contribution in [0.2, 0.25) is 0 Å². The van der Waals surface area contributed by atoms with Gasteiger partial charge in [-0.1, -0.05) is 6.92 Å². The molecule has 3 heteroatoms. The van der Waals surface area contributed by atoms with Crippen LogP contribution in [0.25, 0.3) is 0 Å². The predicted molar refractivity (Wildman–Crippen MR) is 42.9 cm³/mol. The van der Waals surface area contributed by atoms with Crippen LogP contribution in [0.15, 0.2) is 16.8 Å². The fraction of sp³-hybridized carbons (Fsp3) is 0.571. The highest BCUT2D eigenvalue weighted by Crippen LogP contribution is 1.91. The standard InChI is InChI=1S/C7H14N2O/c1-4-6(8)5-7(9-2)10-3/h5H,4,8H2,1-3H3/b6-5+,9-7?. The maximum atomic E-state index is 5.53. The molecule has 0 aliphatic heterocycles. The van der Waals surface area contributed by atoms with Crippen molar-refractivity contribution in [2.75, 3.05) is 14.2 Å². The third-order valence-corrected chi connectivity index (χ3v) is 1.15. The normalized spacial score (nSPS) is 13.5. The van der Waals surface area contributed by atoms with Gasteiger partial charge in [0, 0.05) is 18.8 Å². The number of methoxy groups -OCH3 is 1. The van der Waals surface area contributed by atoms with Crippen LogP contribution >= 0.6 is 0 Å². The molecule has 0 saturated carbocycles. The zero-order valence-corrected chi connectivity index (χ0v) is 6.72. The molecule has 0 heterocycles. The molecule has 0 bridgehead atoms.